The van der Waals surface area contributed by atoms with Gasteiger partial charge in [0.15, 0.2) is 5.82 Å². The van der Waals surface area contributed by atoms with Crippen molar-refractivity contribution in [1.29, 1.82) is 0 Å². The summed E-state index contributed by atoms with van der Waals surface area (Å²) in [5.41, 5.74) is 5.63. The Bertz CT molecular complexity index is 1020. The van der Waals surface area contributed by atoms with Gasteiger partial charge < -0.3 is 11.1 Å². The van der Waals surface area contributed by atoms with Crippen molar-refractivity contribution in [2.45, 2.75) is 17.7 Å². The van der Waals surface area contributed by atoms with Crippen molar-refractivity contribution in [3.63, 3.8) is 0 Å². The van der Waals surface area contributed by atoms with Crippen molar-refractivity contribution in [2.75, 3.05) is 27.3 Å². The molecule has 1 amide bonds. The monoisotopic (exact) mass is 431 g/mol. The summed E-state index contributed by atoms with van der Waals surface area (Å²) < 4.78 is 40.2. The maximum Gasteiger partial charge on any atom is 0.234 e. The maximum atomic E-state index is 14.7. The molecule has 8 nitrogen and oxygen atoms in total. The molecule has 2 aromatic rings. The van der Waals surface area contributed by atoms with Gasteiger partial charge in [-0.2, -0.15) is 0 Å². The molecule has 0 radical (unpaired) electrons. The molecule has 0 aliphatic carbocycles. The molecule has 1 atom stereocenters. The fourth-order valence-corrected chi connectivity index (χ4v) is 4.46. The van der Waals surface area contributed by atoms with Crippen molar-refractivity contribution in [3.8, 4) is 0 Å². The number of sulfonamides is 1. The van der Waals surface area contributed by atoms with Crippen LogP contribution in [0.15, 0.2) is 23.4 Å². The molecular formula is C15H15ClFN5O3S2. The van der Waals surface area contributed by atoms with Crippen LogP contribution in [0.4, 0.5) is 21.6 Å². The number of hydrogen-bond acceptors (Lipinski definition) is 7. The van der Waals surface area contributed by atoms with E-state index in [0.29, 0.717) is 16.3 Å². The highest BCUT2D eigenvalue weighted by Gasteiger charge is 2.33. The van der Waals surface area contributed by atoms with Crippen molar-refractivity contribution < 1.29 is 17.6 Å². The SMILES string of the molecule is CCS(=O)(=O)Nc1ccc(Cl)c(NC(=O)C2CSc3c(N)ncnc32)c1F. The quantitative estimate of drug-likeness (QED) is 0.663. The van der Waals surface area contributed by atoms with Crippen molar-refractivity contribution in [3.05, 3.63) is 35.0 Å². The number of aromatic nitrogens is 2. The maximum absolute atomic E-state index is 14.7. The predicted molar refractivity (Wildman–Crippen MR) is 103 cm³/mol. The molecule has 144 valence electrons. The molecule has 0 bridgehead atoms. The minimum atomic E-state index is -3.69. The number of nitrogens with one attached hydrogen (secondary N) is 2. The minimum absolute atomic E-state index is 0.0617. The third-order valence-corrected chi connectivity index (χ3v) is 6.70. The van der Waals surface area contributed by atoms with E-state index in [1.165, 1.54) is 37.1 Å². The van der Waals surface area contributed by atoms with Gasteiger partial charge in [-0.15, -0.1) is 11.8 Å². The molecule has 1 aromatic carbocycles. The van der Waals surface area contributed by atoms with Gasteiger partial charge in [0.2, 0.25) is 15.9 Å². The molecule has 1 aromatic heterocycles. The lowest BCUT2D eigenvalue weighted by atomic mass is 10.1. The Hall–Kier alpha value is -2.11. The Morgan fingerprint density at radius 2 is 2.19 bits per heavy atom. The Morgan fingerprint density at radius 3 is 2.89 bits per heavy atom. The number of rotatable bonds is 5. The Kier molecular flexibility index (Phi) is 5.45. The molecule has 2 heterocycles. The van der Waals surface area contributed by atoms with Crippen LogP contribution in [0.2, 0.25) is 5.02 Å². The van der Waals surface area contributed by atoms with Gasteiger partial charge in [0.1, 0.15) is 12.1 Å². The first-order valence-corrected chi connectivity index (χ1v) is 10.8. The van der Waals surface area contributed by atoms with Gasteiger partial charge in [0.25, 0.3) is 0 Å². The van der Waals surface area contributed by atoms with Gasteiger partial charge in [-0.1, -0.05) is 11.6 Å². The zero-order valence-corrected chi connectivity index (χ0v) is 16.4. The lowest BCUT2D eigenvalue weighted by Gasteiger charge is -2.15. The summed E-state index contributed by atoms with van der Waals surface area (Å²) in [6.45, 7) is 1.42. The van der Waals surface area contributed by atoms with Gasteiger partial charge in [-0.05, 0) is 19.1 Å². The zero-order valence-electron chi connectivity index (χ0n) is 14.0. The average molecular weight is 432 g/mol. The largest absolute Gasteiger partial charge is 0.383 e. The molecule has 0 saturated carbocycles. The smallest absolute Gasteiger partial charge is 0.234 e. The van der Waals surface area contributed by atoms with Gasteiger partial charge in [-0.3, -0.25) is 9.52 Å². The summed E-state index contributed by atoms with van der Waals surface area (Å²) in [6.07, 6.45) is 1.26. The van der Waals surface area contributed by atoms with Crippen LogP contribution in [0.25, 0.3) is 0 Å². The van der Waals surface area contributed by atoms with E-state index < -0.39 is 27.7 Å². The summed E-state index contributed by atoms with van der Waals surface area (Å²) in [5.74, 6) is -1.75. The number of amides is 1. The molecule has 27 heavy (non-hydrogen) atoms. The first kappa shape index (κ1) is 19.6. The second kappa shape index (κ2) is 7.49. The predicted octanol–water partition coefficient (Wildman–Crippen LogP) is 2.44. The van der Waals surface area contributed by atoms with Crippen LogP contribution in [-0.4, -0.2) is 35.8 Å². The van der Waals surface area contributed by atoms with Crippen LogP contribution in [0.1, 0.15) is 18.5 Å². The van der Waals surface area contributed by atoms with Crippen LogP contribution >= 0.6 is 23.4 Å². The summed E-state index contributed by atoms with van der Waals surface area (Å²) >= 11 is 7.33. The number of carbonyl (C=O) groups is 1. The molecule has 1 unspecified atom stereocenters. The third-order valence-electron chi connectivity index (χ3n) is 3.88. The molecule has 0 spiro atoms. The van der Waals surface area contributed by atoms with E-state index in [9.17, 15) is 17.6 Å². The van der Waals surface area contributed by atoms with E-state index in [4.69, 9.17) is 17.3 Å². The average Bonchev–Trinajstić information content (AvgIpc) is 3.06. The number of halogens is 2. The molecule has 1 aliphatic rings. The standard InChI is InChI=1S/C15H15ClFN5O3S2/c1-2-27(24,25)22-9-4-3-8(16)12(10(9)17)21-15(23)7-5-26-13-11(7)19-6-20-14(13)18/h3-4,6-7,22H,2,5H2,1H3,(H,21,23)(H2,18,19,20). The number of benzene rings is 1. The first-order chi connectivity index (χ1) is 12.7. The summed E-state index contributed by atoms with van der Waals surface area (Å²) in [4.78, 5) is 21.2. The van der Waals surface area contributed by atoms with E-state index in [-0.39, 0.29) is 28.0 Å². The number of nitrogens with two attached hydrogens (primary N) is 1. The summed E-state index contributed by atoms with van der Waals surface area (Å²) in [5, 5.41) is 2.37. The van der Waals surface area contributed by atoms with E-state index in [0.717, 1.165) is 0 Å². The topological polar surface area (TPSA) is 127 Å². The highest BCUT2D eigenvalue weighted by molar-refractivity contribution is 7.99. The number of nitrogen functional groups attached to an aromatic ring is 1. The van der Waals surface area contributed by atoms with Crippen molar-refractivity contribution in [2.24, 2.45) is 0 Å². The molecule has 3 rings (SSSR count). The summed E-state index contributed by atoms with van der Waals surface area (Å²) in [6, 6.07) is 2.49. The Labute approximate surface area is 164 Å². The van der Waals surface area contributed by atoms with Gasteiger partial charge in [0, 0.05) is 5.75 Å². The molecular weight excluding hydrogens is 417 g/mol. The number of anilines is 3. The van der Waals surface area contributed by atoms with E-state index >= 15 is 0 Å². The van der Waals surface area contributed by atoms with Crippen LogP contribution < -0.4 is 15.8 Å². The van der Waals surface area contributed by atoms with Gasteiger partial charge in [-0.25, -0.2) is 22.8 Å². The van der Waals surface area contributed by atoms with Crippen LogP contribution in [-0.2, 0) is 14.8 Å². The number of carbonyl (C=O) groups excluding carboxylic acids is 1. The highest BCUT2D eigenvalue weighted by atomic mass is 35.5. The van der Waals surface area contributed by atoms with Crippen LogP contribution in [0, 0.1) is 5.82 Å². The van der Waals surface area contributed by atoms with Gasteiger partial charge in [0.05, 0.1) is 38.7 Å². The van der Waals surface area contributed by atoms with Crippen molar-refractivity contribution >= 4 is 56.5 Å². The fourth-order valence-electron chi connectivity index (χ4n) is 2.44. The second-order valence-corrected chi connectivity index (χ2v) is 9.06. The van der Waals surface area contributed by atoms with Crippen LogP contribution in [0.3, 0.4) is 0 Å². The van der Waals surface area contributed by atoms with Crippen LogP contribution in [0.5, 0.6) is 0 Å². The highest BCUT2D eigenvalue weighted by Crippen LogP contribution is 2.41. The normalized spacial score (nSPS) is 16.0. The number of nitrogens with zero attached hydrogens (tertiary/aromatic N) is 2. The molecule has 12 heteroatoms. The number of thioether (sulfide) groups is 1. The lowest BCUT2D eigenvalue weighted by Crippen LogP contribution is -2.23. The van der Waals surface area contributed by atoms with Crippen molar-refractivity contribution in [1.82, 2.24) is 9.97 Å². The molecule has 0 fully saturated rings. The zero-order chi connectivity index (χ0) is 19.8. The summed E-state index contributed by atoms with van der Waals surface area (Å²) in [7, 11) is -3.69. The van der Waals surface area contributed by atoms with E-state index in [2.05, 4.69) is 20.0 Å². The first-order valence-electron chi connectivity index (χ1n) is 7.76. The van der Waals surface area contributed by atoms with E-state index in [1.807, 2.05) is 0 Å². The molecule has 4 N–H and O–H groups in total. The number of fused-ring (bicyclic) bond motifs is 1. The lowest BCUT2D eigenvalue weighted by molar-refractivity contribution is -0.117. The van der Waals surface area contributed by atoms with Gasteiger partial charge >= 0.3 is 0 Å². The Balaban J connectivity index is 1.88. The molecule has 1 aliphatic heterocycles. The fraction of sp³-hybridized carbons (Fsp3) is 0.267. The minimum Gasteiger partial charge on any atom is -0.383 e. The van der Waals surface area contributed by atoms with E-state index in [1.54, 1.807) is 0 Å². The number of hydrogen-bond donors (Lipinski definition) is 3. The third kappa shape index (κ3) is 3.94. The Morgan fingerprint density at radius 1 is 1.44 bits per heavy atom. The second-order valence-electron chi connectivity index (χ2n) is 5.62. The molecule has 0 saturated heterocycles.